The summed E-state index contributed by atoms with van der Waals surface area (Å²) in [7, 11) is 1.87. The summed E-state index contributed by atoms with van der Waals surface area (Å²) < 4.78 is 1.77. The van der Waals surface area contributed by atoms with Gasteiger partial charge in [0, 0.05) is 25.4 Å². The van der Waals surface area contributed by atoms with E-state index in [1.807, 2.05) is 13.1 Å². The van der Waals surface area contributed by atoms with Crippen LogP contribution in [0, 0.1) is 0 Å². The first-order chi connectivity index (χ1) is 7.62. The van der Waals surface area contributed by atoms with Gasteiger partial charge in [0.1, 0.15) is 5.60 Å². The SMILES string of the molecule is Cn1nccc1CCC(=O)C1(O)CCCC1. The first-order valence-corrected chi connectivity index (χ1v) is 5.84. The van der Waals surface area contributed by atoms with Gasteiger partial charge in [-0.3, -0.25) is 9.48 Å². The minimum atomic E-state index is -1.03. The van der Waals surface area contributed by atoms with Crippen LogP contribution in [-0.2, 0) is 18.3 Å². The van der Waals surface area contributed by atoms with E-state index in [0.717, 1.165) is 18.5 Å². The first-order valence-electron chi connectivity index (χ1n) is 5.84. The monoisotopic (exact) mass is 222 g/mol. The summed E-state index contributed by atoms with van der Waals surface area (Å²) >= 11 is 0. The van der Waals surface area contributed by atoms with E-state index >= 15 is 0 Å². The zero-order valence-electron chi connectivity index (χ0n) is 9.65. The molecule has 0 radical (unpaired) electrons. The molecule has 1 aliphatic carbocycles. The van der Waals surface area contributed by atoms with Gasteiger partial charge < -0.3 is 5.11 Å². The van der Waals surface area contributed by atoms with Crippen LogP contribution in [0.3, 0.4) is 0 Å². The summed E-state index contributed by atoms with van der Waals surface area (Å²) in [6.07, 6.45) is 6.01. The third-order valence-electron chi connectivity index (χ3n) is 3.48. The Hall–Kier alpha value is -1.16. The average Bonchev–Trinajstić information content (AvgIpc) is 2.85. The minimum absolute atomic E-state index is 0.00815. The fourth-order valence-corrected chi connectivity index (χ4v) is 2.36. The summed E-state index contributed by atoms with van der Waals surface area (Å²) in [5, 5.41) is 14.1. The lowest BCUT2D eigenvalue weighted by atomic mass is 9.93. The maximum Gasteiger partial charge on any atom is 0.164 e. The van der Waals surface area contributed by atoms with Crippen molar-refractivity contribution in [1.29, 1.82) is 0 Å². The van der Waals surface area contributed by atoms with Crippen molar-refractivity contribution in [2.45, 2.75) is 44.1 Å². The van der Waals surface area contributed by atoms with E-state index in [1.165, 1.54) is 0 Å². The Morgan fingerprint density at radius 3 is 2.81 bits per heavy atom. The molecule has 0 bridgehead atoms. The van der Waals surface area contributed by atoms with E-state index in [2.05, 4.69) is 5.10 Å². The van der Waals surface area contributed by atoms with Gasteiger partial charge in [-0.25, -0.2) is 0 Å². The topological polar surface area (TPSA) is 55.1 Å². The predicted octanol–water partition coefficient (Wildman–Crippen LogP) is 1.23. The Kier molecular flexibility index (Phi) is 3.10. The van der Waals surface area contributed by atoms with Gasteiger partial charge >= 0.3 is 0 Å². The standard InChI is InChI=1S/C12H18N2O2/c1-14-10(6-9-13-14)4-5-11(15)12(16)7-2-3-8-12/h6,9,16H,2-5,7-8H2,1H3. The first kappa shape index (κ1) is 11.3. The molecule has 88 valence electrons. The zero-order chi connectivity index (χ0) is 11.6. The Bertz CT molecular complexity index is 378. The van der Waals surface area contributed by atoms with Crippen molar-refractivity contribution in [1.82, 2.24) is 9.78 Å². The van der Waals surface area contributed by atoms with Crippen LogP contribution in [-0.4, -0.2) is 26.3 Å². The van der Waals surface area contributed by atoms with Crippen LogP contribution in [0.25, 0.3) is 0 Å². The van der Waals surface area contributed by atoms with Gasteiger partial charge in [-0.2, -0.15) is 5.10 Å². The van der Waals surface area contributed by atoms with E-state index in [-0.39, 0.29) is 5.78 Å². The van der Waals surface area contributed by atoms with E-state index in [9.17, 15) is 9.90 Å². The maximum atomic E-state index is 11.9. The summed E-state index contributed by atoms with van der Waals surface area (Å²) in [6.45, 7) is 0. The number of hydrogen-bond donors (Lipinski definition) is 1. The molecule has 0 aliphatic heterocycles. The number of aliphatic hydroxyl groups is 1. The second kappa shape index (κ2) is 4.37. The number of nitrogens with zero attached hydrogens (tertiary/aromatic N) is 2. The molecular weight excluding hydrogens is 204 g/mol. The van der Waals surface area contributed by atoms with Crippen molar-refractivity contribution in [2.24, 2.45) is 7.05 Å². The number of aromatic nitrogens is 2. The molecule has 0 amide bonds. The lowest BCUT2D eigenvalue weighted by Gasteiger charge is -2.20. The van der Waals surface area contributed by atoms with Crippen molar-refractivity contribution in [3.05, 3.63) is 18.0 Å². The molecule has 2 rings (SSSR count). The number of hydrogen-bond acceptors (Lipinski definition) is 3. The second-order valence-electron chi connectivity index (χ2n) is 4.61. The van der Waals surface area contributed by atoms with Crippen molar-refractivity contribution in [3.8, 4) is 0 Å². The molecule has 0 atom stereocenters. The second-order valence-corrected chi connectivity index (χ2v) is 4.61. The summed E-state index contributed by atoms with van der Waals surface area (Å²) in [6, 6.07) is 1.91. The third-order valence-corrected chi connectivity index (χ3v) is 3.48. The molecule has 1 aromatic rings. The summed E-state index contributed by atoms with van der Waals surface area (Å²) in [5.41, 5.74) is 0.00781. The van der Waals surface area contributed by atoms with E-state index in [4.69, 9.17) is 0 Å². The normalized spacial score (nSPS) is 18.9. The van der Waals surface area contributed by atoms with Crippen LogP contribution in [0.2, 0.25) is 0 Å². The highest BCUT2D eigenvalue weighted by atomic mass is 16.3. The fourth-order valence-electron chi connectivity index (χ4n) is 2.36. The molecule has 1 N–H and O–H groups in total. The number of carbonyl (C=O) groups is 1. The fraction of sp³-hybridized carbons (Fsp3) is 0.667. The maximum absolute atomic E-state index is 11.9. The highest BCUT2D eigenvalue weighted by Gasteiger charge is 2.37. The van der Waals surface area contributed by atoms with Crippen LogP contribution in [0.1, 0.15) is 37.8 Å². The molecule has 1 heterocycles. The van der Waals surface area contributed by atoms with E-state index < -0.39 is 5.60 Å². The van der Waals surface area contributed by atoms with Crippen molar-refractivity contribution in [2.75, 3.05) is 0 Å². The molecule has 0 spiro atoms. The van der Waals surface area contributed by atoms with Crippen LogP contribution >= 0.6 is 0 Å². The molecule has 16 heavy (non-hydrogen) atoms. The smallest absolute Gasteiger partial charge is 0.164 e. The van der Waals surface area contributed by atoms with Gasteiger partial charge in [0.05, 0.1) is 0 Å². The largest absolute Gasteiger partial charge is 0.382 e. The lowest BCUT2D eigenvalue weighted by Crippen LogP contribution is -2.35. The summed E-state index contributed by atoms with van der Waals surface area (Å²) in [5.74, 6) is -0.00815. The van der Waals surface area contributed by atoms with Crippen LogP contribution in [0.5, 0.6) is 0 Å². The number of Topliss-reactive ketones (excluding diaryl/α,β-unsaturated/α-hetero) is 1. The lowest BCUT2D eigenvalue weighted by molar-refractivity contribution is -0.136. The van der Waals surface area contributed by atoms with Crippen LogP contribution < -0.4 is 0 Å². The summed E-state index contributed by atoms with van der Waals surface area (Å²) in [4.78, 5) is 11.9. The van der Waals surface area contributed by atoms with Gasteiger partial charge in [-0.05, 0) is 38.2 Å². The number of carbonyl (C=O) groups excluding carboxylic acids is 1. The molecule has 0 aromatic carbocycles. The van der Waals surface area contributed by atoms with E-state index in [0.29, 0.717) is 25.7 Å². The predicted molar refractivity (Wildman–Crippen MR) is 60.0 cm³/mol. The zero-order valence-corrected chi connectivity index (χ0v) is 9.65. The Balaban J connectivity index is 1.91. The molecule has 4 heteroatoms. The number of aryl methyl sites for hydroxylation is 2. The number of rotatable bonds is 4. The molecule has 1 saturated carbocycles. The van der Waals surface area contributed by atoms with Crippen LogP contribution in [0.15, 0.2) is 12.3 Å². The van der Waals surface area contributed by atoms with Gasteiger partial charge in [-0.1, -0.05) is 0 Å². The third kappa shape index (κ3) is 2.16. The Morgan fingerprint density at radius 2 is 2.25 bits per heavy atom. The van der Waals surface area contributed by atoms with E-state index in [1.54, 1.807) is 10.9 Å². The van der Waals surface area contributed by atoms with Crippen molar-refractivity contribution in [3.63, 3.8) is 0 Å². The molecule has 4 nitrogen and oxygen atoms in total. The molecule has 1 fully saturated rings. The van der Waals surface area contributed by atoms with Gasteiger partial charge in [-0.15, -0.1) is 0 Å². The molecular formula is C12H18N2O2. The van der Waals surface area contributed by atoms with Crippen LogP contribution in [0.4, 0.5) is 0 Å². The average molecular weight is 222 g/mol. The minimum Gasteiger partial charge on any atom is -0.382 e. The highest BCUT2D eigenvalue weighted by molar-refractivity contribution is 5.87. The molecule has 1 aromatic heterocycles. The van der Waals surface area contributed by atoms with Crippen molar-refractivity contribution >= 4 is 5.78 Å². The quantitative estimate of drug-likeness (QED) is 0.833. The Morgan fingerprint density at radius 1 is 1.56 bits per heavy atom. The Labute approximate surface area is 95.3 Å². The molecule has 0 saturated heterocycles. The highest BCUT2D eigenvalue weighted by Crippen LogP contribution is 2.31. The van der Waals surface area contributed by atoms with Crippen molar-refractivity contribution < 1.29 is 9.90 Å². The molecule has 0 unspecified atom stereocenters. The molecule has 1 aliphatic rings. The van der Waals surface area contributed by atoms with Gasteiger partial charge in [0.2, 0.25) is 0 Å². The van der Waals surface area contributed by atoms with Gasteiger partial charge in [0.15, 0.2) is 5.78 Å². The number of ketones is 1. The van der Waals surface area contributed by atoms with Gasteiger partial charge in [0.25, 0.3) is 0 Å².